The maximum Gasteiger partial charge on any atom is 0.135 e. The van der Waals surface area contributed by atoms with Gasteiger partial charge in [0.2, 0.25) is 0 Å². The molecule has 1 aliphatic carbocycles. The molecule has 1 saturated heterocycles. The van der Waals surface area contributed by atoms with Crippen LogP contribution in [0.15, 0.2) is 18.3 Å². The number of anilines is 1. The number of nitrogens with zero attached hydrogens (tertiary/aromatic N) is 2. The molecule has 2 heterocycles. The molecular formula is C11H16N3P. The van der Waals surface area contributed by atoms with Crippen LogP contribution in [-0.2, 0) is 0 Å². The number of piperazine rings is 1. The van der Waals surface area contributed by atoms with Gasteiger partial charge in [0.15, 0.2) is 0 Å². The first-order chi connectivity index (χ1) is 7.29. The first-order valence-corrected chi connectivity index (χ1v) is 6.07. The lowest BCUT2D eigenvalue weighted by molar-refractivity contribution is 0.441. The van der Waals surface area contributed by atoms with E-state index in [9.17, 15) is 0 Å². The molecule has 15 heavy (non-hydrogen) atoms. The van der Waals surface area contributed by atoms with Gasteiger partial charge in [0.05, 0.1) is 0 Å². The molecule has 1 aliphatic heterocycles. The van der Waals surface area contributed by atoms with Crippen molar-refractivity contribution in [3.05, 3.63) is 18.3 Å². The van der Waals surface area contributed by atoms with Gasteiger partial charge >= 0.3 is 0 Å². The Hall–Kier alpha value is -0.660. The monoisotopic (exact) mass is 221 g/mol. The van der Waals surface area contributed by atoms with Gasteiger partial charge in [-0.2, -0.15) is 0 Å². The summed E-state index contributed by atoms with van der Waals surface area (Å²) in [6.07, 6.45) is 4.52. The van der Waals surface area contributed by atoms with Crippen molar-refractivity contribution < 1.29 is 0 Å². The molecule has 0 aromatic carbocycles. The van der Waals surface area contributed by atoms with Crippen LogP contribution < -0.4 is 15.5 Å². The molecule has 80 valence electrons. The lowest BCUT2D eigenvalue weighted by atomic mass is 10.2. The zero-order valence-corrected chi connectivity index (χ0v) is 9.89. The minimum Gasteiger partial charge on any atom is -0.353 e. The number of hydrogen-bond acceptors (Lipinski definition) is 3. The largest absolute Gasteiger partial charge is 0.353 e. The fourth-order valence-electron chi connectivity index (χ4n) is 2.30. The van der Waals surface area contributed by atoms with Gasteiger partial charge in [-0.1, -0.05) is 0 Å². The van der Waals surface area contributed by atoms with E-state index in [1.165, 1.54) is 18.1 Å². The Morgan fingerprint density at radius 2 is 2.33 bits per heavy atom. The maximum atomic E-state index is 4.47. The zero-order valence-electron chi connectivity index (χ0n) is 8.74. The fraction of sp³-hybridized carbons (Fsp3) is 0.545. The summed E-state index contributed by atoms with van der Waals surface area (Å²) in [6.45, 7) is 3.27. The lowest BCUT2D eigenvalue weighted by Gasteiger charge is -2.35. The molecule has 1 aromatic rings. The van der Waals surface area contributed by atoms with Crippen molar-refractivity contribution in [1.82, 2.24) is 10.3 Å². The number of aromatic nitrogens is 1. The summed E-state index contributed by atoms with van der Waals surface area (Å²) in [6, 6.07) is 4.09. The zero-order chi connectivity index (χ0) is 10.3. The normalized spacial score (nSPS) is 23.1. The van der Waals surface area contributed by atoms with E-state index < -0.39 is 0 Å². The van der Waals surface area contributed by atoms with Crippen LogP contribution in [0.1, 0.15) is 12.8 Å². The molecule has 3 rings (SSSR count). The molecule has 4 heteroatoms. The number of pyridine rings is 1. The molecule has 2 fully saturated rings. The number of rotatable bonds is 1. The minimum atomic E-state index is 0.423. The summed E-state index contributed by atoms with van der Waals surface area (Å²) in [7, 11) is 2.77. The molecule has 1 atom stereocenters. The van der Waals surface area contributed by atoms with E-state index in [-0.39, 0.29) is 0 Å². The van der Waals surface area contributed by atoms with Gasteiger partial charge < -0.3 is 10.2 Å². The summed E-state index contributed by atoms with van der Waals surface area (Å²) < 4.78 is 0. The van der Waals surface area contributed by atoms with Gasteiger partial charge in [0.1, 0.15) is 5.82 Å². The molecule has 1 unspecified atom stereocenters. The van der Waals surface area contributed by atoms with Crippen LogP contribution in [0, 0.1) is 0 Å². The predicted octanol–water partition coefficient (Wildman–Crippen LogP) is 0.524. The lowest BCUT2D eigenvalue weighted by Crippen LogP contribution is -2.53. The third-order valence-corrected chi connectivity index (χ3v) is 3.80. The summed E-state index contributed by atoms with van der Waals surface area (Å²) >= 11 is 0. The topological polar surface area (TPSA) is 28.2 Å². The van der Waals surface area contributed by atoms with Crippen molar-refractivity contribution >= 4 is 20.4 Å². The van der Waals surface area contributed by atoms with Crippen LogP contribution in [0.5, 0.6) is 0 Å². The molecule has 2 aliphatic rings. The summed E-state index contributed by atoms with van der Waals surface area (Å²) in [4.78, 5) is 6.88. The quantitative estimate of drug-likeness (QED) is 0.701. The van der Waals surface area contributed by atoms with Crippen LogP contribution in [0.2, 0.25) is 0 Å². The van der Waals surface area contributed by atoms with Crippen molar-refractivity contribution in [2.75, 3.05) is 24.5 Å². The van der Waals surface area contributed by atoms with E-state index in [4.69, 9.17) is 0 Å². The molecule has 1 saturated carbocycles. The highest BCUT2D eigenvalue weighted by atomic mass is 31.0. The smallest absolute Gasteiger partial charge is 0.135 e. The van der Waals surface area contributed by atoms with Gasteiger partial charge in [-0.25, -0.2) is 4.98 Å². The Balaban J connectivity index is 1.84. The maximum absolute atomic E-state index is 4.47. The number of hydrogen-bond donors (Lipinski definition) is 1. The van der Waals surface area contributed by atoms with Crippen molar-refractivity contribution in [3.63, 3.8) is 0 Å². The number of nitrogens with one attached hydrogen (secondary N) is 1. The third kappa shape index (κ3) is 1.75. The Bertz CT molecular complexity index is 376. The van der Waals surface area contributed by atoms with E-state index in [2.05, 4.69) is 30.5 Å². The van der Waals surface area contributed by atoms with Gasteiger partial charge in [-0.15, -0.1) is 9.24 Å². The summed E-state index contributed by atoms with van der Waals surface area (Å²) in [5.74, 6) is 1.13. The SMILES string of the molecule is Pc1cccnc1N1CCNC2(CC2)C1. The van der Waals surface area contributed by atoms with Gasteiger partial charge in [0.25, 0.3) is 0 Å². The van der Waals surface area contributed by atoms with E-state index in [1.807, 2.05) is 12.3 Å². The fourth-order valence-corrected chi connectivity index (χ4v) is 2.66. The summed E-state index contributed by atoms with van der Waals surface area (Å²) in [5, 5.41) is 4.82. The molecule has 1 spiro atoms. The Kier molecular flexibility index (Phi) is 2.18. The molecule has 0 radical (unpaired) electrons. The first-order valence-electron chi connectivity index (χ1n) is 5.50. The van der Waals surface area contributed by atoms with Crippen molar-refractivity contribution in [3.8, 4) is 0 Å². The van der Waals surface area contributed by atoms with E-state index in [0.717, 1.165) is 25.5 Å². The predicted molar refractivity (Wildman–Crippen MR) is 65.8 cm³/mol. The van der Waals surface area contributed by atoms with Crippen LogP contribution in [0.4, 0.5) is 5.82 Å². The molecular weight excluding hydrogens is 205 g/mol. The highest BCUT2D eigenvalue weighted by Gasteiger charge is 2.45. The second-order valence-corrected chi connectivity index (χ2v) is 5.17. The Morgan fingerprint density at radius 3 is 3.07 bits per heavy atom. The Morgan fingerprint density at radius 1 is 1.47 bits per heavy atom. The summed E-state index contributed by atoms with van der Waals surface area (Å²) in [5.41, 5.74) is 0.423. The van der Waals surface area contributed by atoms with Crippen molar-refractivity contribution in [2.24, 2.45) is 0 Å². The van der Waals surface area contributed by atoms with Crippen LogP contribution >= 0.6 is 9.24 Å². The van der Waals surface area contributed by atoms with E-state index in [0.29, 0.717) is 5.54 Å². The average Bonchev–Trinajstić information content (AvgIpc) is 2.98. The standard InChI is InChI=1S/C11H16N3P/c15-9-2-1-5-12-10(9)14-7-6-13-11(8-14)3-4-11/h1-2,5,13H,3-4,6-8,15H2. The van der Waals surface area contributed by atoms with E-state index >= 15 is 0 Å². The molecule has 0 amide bonds. The third-order valence-electron chi connectivity index (χ3n) is 3.35. The van der Waals surface area contributed by atoms with E-state index in [1.54, 1.807) is 0 Å². The van der Waals surface area contributed by atoms with Crippen molar-refractivity contribution in [1.29, 1.82) is 0 Å². The minimum absolute atomic E-state index is 0.423. The van der Waals surface area contributed by atoms with Gasteiger partial charge in [-0.05, 0) is 25.0 Å². The molecule has 1 N–H and O–H groups in total. The van der Waals surface area contributed by atoms with Crippen molar-refractivity contribution in [2.45, 2.75) is 18.4 Å². The van der Waals surface area contributed by atoms with Crippen LogP contribution in [0.3, 0.4) is 0 Å². The van der Waals surface area contributed by atoms with Crippen LogP contribution in [0.25, 0.3) is 0 Å². The Labute approximate surface area is 92.5 Å². The highest BCUT2D eigenvalue weighted by Crippen LogP contribution is 2.38. The molecule has 1 aromatic heterocycles. The first kappa shape index (κ1) is 9.56. The molecule has 0 bridgehead atoms. The van der Waals surface area contributed by atoms with Gasteiger partial charge in [-0.3, -0.25) is 0 Å². The highest BCUT2D eigenvalue weighted by molar-refractivity contribution is 7.28. The molecule has 3 nitrogen and oxygen atoms in total. The van der Waals surface area contributed by atoms with Crippen LogP contribution in [-0.4, -0.2) is 30.2 Å². The second-order valence-electron chi connectivity index (χ2n) is 4.54. The average molecular weight is 221 g/mol. The second kappa shape index (κ2) is 3.43. The van der Waals surface area contributed by atoms with Gasteiger partial charge in [0, 0.05) is 36.7 Å².